The van der Waals surface area contributed by atoms with Crippen molar-refractivity contribution < 1.29 is 21.6 Å². The van der Waals surface area contributed by atoms with Gasteiger partial charge in [0.05, 0.1) is 16.3 Å². The number of benzene rings is 1. The predicted molar refractivity (Wildman–Crippen MR) is 53.3 cm³/mol. The van der Waals surface area contributed by atoms with Crippen LogP contribution >= 0.6 is 11.6 Å². The standard InChI is InChI=1S/C8H7ClF3NO2S/c9-7-3-5(4-16(13,14)15)1-2-6(7)8(10,11)12/h1-3H,4H2,(H2,13,14,15). The van der Waals surface area contributed by atoms with Gasteiger partial charge in [0.1, 0.15) is 0 Å². The monoisotopic (exact) mass is 273 g/mol. The van der Waals surface area contributed by atoms with Crippen molar-refractivity contribution in [1.29, 1.82) is 0 Å². The van der Waals surface area contributed by atoms with Crippen LogP contribution in [0.4, 0.5) is 13.2 Å². The number of hydrogen-bond acceptors (Lipinski definition) is 2. The molecule has 0 aliphatic rings. The summed E-state index contributed by atoms with van der Waals surface area (Å²) in [4.78, 5) is 0. The summed E-state index contributed by atoms with van der Waals surface area (Å²) in [7, 11) is -3.78. The number of alkyl halides is 3. The molecule has 0 saturated carbocycles. The fraction of sp³-hybridized carbons (Fsp3) is 0.250. The van der Waals surface area contributed by atoms with Gasteiger partial charge in [0.2, 0.25) is 10.0 Å². The van der Waals surface area contributed by atoms with Gasteiger partial charge >= 0.3 is 6.18 Å². The molecule has 1 aromatic carbocycles. The first-order valence-electron chi connectivity index (χ1n) is 3.96. The fourth-order valence-electron chi connectivity index (χ4n) is 1.11. The highest BCUT2D eigenvalue weighted by Gasteiger charge is 2.33. The summed E-state index contributed by atoms with van der Waals surface area (Å²) in [5.41, 5.74) is -0.896. The zero-order valence-electron chi connectivity index (χ0n) is 7.75. The maximum absolute atomic E-state index is 12.3. The van der Waals surface area contributed by atoms with Crippen molar-refractivity contribution in [2.75, 3.05) is 0 Å². The lowest BCUT2D eigenvalue weighted by Crippen LogP contribution is -2.15. The Morgan fingerprint density at radius 1 is 1.31 bits per heavy atom. The summed E-state index contributed by atoms with van der Waals surface area (Å²) in [5, 5.41) is 4.20. The second-order valence-electron chi connectivity index (χ2n) is 3.12. The summed E-state index contributed by atoms with van der Waals surface area (Å²) in [6.45, 7) is 0. The van der Waals surface area contributed by atoms with Gasteiger partial charge in [-0.15, -0.1) is 0 Å². The molecule has 1 rings (SSSR count). The molecule has 0 unspecified atom stereocenters. The summed E-state index contributed by atoms with van der Waals surface area (Å²) < 4.78 is 58.3. The summed E-state index contributed by atoms with van der Waals surface area (Å²) in [5.74, 6) is -0.551. The molecular weight excluding hydrogens is 267 g/mol. The first kappa shape index (κ1) is 13.3. The number of halogens is 4. The third-order valence-electron chi connectivity index (χ3n) is 1.71. The number of hydrogen-bond donors (Lipinski definition) is 1. The minimum atomic E-state index is -4.56. The van der Waals surface area contributed by atoms with Crippen molar-refractivity contribution in [2.24, 2.45) is 5.14 Å². The van der Waals surface area contributed by atoms with Crippen molar-refractivity contribution in [3.8, 4) is 0 Å². The Kier molecular flexibility index (Phi) is 3.51. The highest BCUT2D eigenvalue weighted by molar-refractivity contribution is 7.88. The molecule has 0 spiro atoms. The van der Waals surface area contributed by atoms with Gasteiger partial charge in [-0.05, 0) is 17.7 Å². The van der Waals surface area contributed by atoms with E-state index >= 15 is 0 Å². The SMILES string of the molecule is NS(=O)(=O)Cc1ccc(C(F)(F)F)c(Cl)c1. The van der Waals surface area contributed by atoms with Gasteiger partial charge < -0.3 is 0 Å². The van der Waals surface area contributed by atoms with E-state index in [-0.39, 0.29) is 5.56 Å². The molecule has 0 aromatic heterocycles. The number of rotatable bonds is 2. The average molecular weight is 274 g/mol. The van der Waals surface area contributed by atoms with Gasteiger partial charge in [-0.1, -0.05) is 17.7 Å². The van der Waals surface area contributed by atoms with Crippen molar-refractivity contribution >= 4 is 21.6 Å². The maximum atomic E-state index is 12.3. The summed E-state index contributed by atoms with van der Waals surface area (Å²) in [6.07, 6.45) is -4.56. The highest BCUT2D eigenvalue weighted by Crippen LogP contribution is 2.35. The molecule has 0 atom stereocenters. The van der Waals surface area contributed by atoms with Gasteiger partial charge in [-0.3, -0.25) is 0 Å². The van der Waals surface area contributed by atoms with E-state index in [0.29, 0.717) is 0 Å². The van der Waals surface area contributed by atoms with E-state index in [1.807, 2.05) is 0 Å². The number of primary sulfonamides is 1. The fourth-order valence-corrected chi connectivity index (χ4v) is 2.07. The van der Waals surface area contributed by atoms with E-state index < -0.39 is 32.5 Å². The molecule has 0 heterocycles. The summed E-state index contributed by atoms with van der Waals surface area (Å²) >= 11 is 5.39. The molecule has 90 valence electrons. The molecule has 1 aromatic rings. The zero-order chi connectivity index (χ0) is 12.6. The maximum Gasteiger partial charge on any atom is 0.417 e. The van der Waals surface area contributed by atoms with Crippen molar-refractivity contribution in [3.63, 3.8) is 0 Å². The van der Waals surface area contributed by atoms with Crippen LogP contribution in [-0.4, -0.2) is 8.42 Å². The molecule has 0 radical (unpaired) electrons. The lowest BCUT2D eigenvalue weighted by molar-refractivity contribution is -0.137. The lowest BCUT2D eigenvalue weighted by atomic mass is 10.1. The van der Waals surface area contributed by atoms with Crippen LogP contribution in [0.15, 0.2) is 18.2 Å². The molecule has 8 heteroatoms. The van der Waals surface area contributed by atoms with Crippen LogP contribution in [0.25, 0.3) is 0 Å². The topological polar surface area (TPSA) is 60.2 Å². The normalized spacial score (nSPS) is 12.8. The zero-order valence-corrected chi connectivity index (χ0v) is 9.33. The van der Waals surface area contributed by atoms with Crippen LogP contribution in [0.2, 0.25) is 5.02 Å². The molecule has 0 saturated heterocycles. The van der Waals surface area contributed by atoms with Crippen LogP contribution in [-0.2, 0) is 22.0 Å². The van der Waals surface area contributed by atoms with Crippen LogP contribution in [0, 0.1) is 0 Å². The molecule has 0 amide bonds. The second kappa shape index (κ2) is 4.23. The molecule has 0 aliphatic heterocycles. The highest BCUT2D eigenvalue weighted by atomic mass is 35.5. The third-order valence-corrected chi connectivity index (χ3v) is 2.76. The van der Waals surface area contributed by atoms with Gasteiger partial charge in [0.15, 0.2) is 0 Å². The Labute approximate surface area is 95.1 Å². The van der Waals surface area contributed by atoms with Gasteiger partial charge in [0, 0.05) is 0 Å². The Balaban J connectivity index is 3.10. The first-order valence-corrected chi connectivity index (χ1v) is 6.05. The van der Waals surface area contributed by atoms with E-state index in [4.69, 9.17) is 16.7 Å². The van der Waals surface area contributed by atoms with E-state index in [0.717, 1.165) is 18.2 Å². The first-order chi connectivity index (χ1) is 7.09. The van der Waals surface area contributed by atoms with E-state index in [2.05, 4.69) is 0 Å². The van der Waals surface area contributed by atoms with Crippen molar-refractivity contribution in [3.05, 3.63) is 34.3 Å². The second-order valence-corrected chi connectivity index (χ2v) is 5.14. The Hall–Kier alpha value is -0.790. The average Bonchev–Trinajstić information content (AvgIpc) is 1.97. The molecule has 16 heavy (non-hydrogen) atoms. The Morgan fingerprint density at radius 2 is 1.88 bits per heavy atom. The molecule has 2 N–H and O–H groups in total. The summed E-state index contributed by atoms with van der Waals surface area (Å²) in [6, 6.07) is 2.69. The van der Waals surface area contributed by atoms with Crippen LogP contribution < -0.4 is 5.14 Å². The largest absolute Gasteiger partial charge is 0.417 e. The van der Waals surface area contributed by atoms with E-state index in [1.165, 1.54) is 0 Å². The van der Waals surface area contributed by atoms with E-state index in [9.17, 15) is 21.6 Å². The van der Waals surface area contributed by atoms with E-state index in [1.54, 1.807) is 0 Å². The van der Waals surface area contributed by atoms with Gasteiger partial charge in [-0.2, -0.15) is 13.2 Å². The number of sulfonamides is 1. The van der Waals surface area contributed by atoms with Crippen LogP contribution in [0.1, 0.15) is 11.1 Å². The minimum Gasteiger partial charge on any atom is -0.228 e. The molecule has 3 nitrogen and oxygen atoms in total. The van der Waals surface area contributed by atoms with Crippen molar-refractivity contribution in [1.82, 2.24) is 0 Å². The van der Waals surface area contributed by atoms with Gasteiger partial charge in [-0.25, -0.2) is 13.6 Å². The molecule has 0 aliphatic carbocycles. The van der Waals surface area contributed by atoms with Crippen molar-refractivity contribution in [2.45, 2.75) is 11.9 Å². The molecule has 0 bridgehead atoms. The lowest BCUT2D eigenvalue weighted by Gasteiger charge is -2.09. The Morgan fingerprint density at radius 3 is 2.25 bits per heavy atom. The quantitative estimate of drug-likeness (QED) is 0.897. The van der Waals surface area contributed by atoms with Crippen LogP contribution in [0.5, 0.6) is 0 Å². The third kappa shape index (κ3) is 3.66. The minimum absolute atomic E-state index is 0.112. The molecule has 0 fully saturated rings. The smallest absolute Gasteiger partial charge is 0.228 e. The van der Waals surface area contributed by atoms with Gasteiger partial charge in [0.25, 0.3) is 0 Å². The molecular formula is C8H7ClF3NO2S. The predicted octanol–water partition coefficient (Wildman–Crippen LogP) is 2.15. The number of nitrogens with two attached hydrogens (primary N) is 1. The van der Waals surface area contributed by atoms with Crippen LogP contribution in [0.3, 0.4) is 0 Å². The Bertz CT molecular complexity index is 498.